The number of halogens is 4. The Balaban J connectivity index is 2.59. The summed E-state index contributed by atoms with van der Waals surface area (Å²) in [5, 5.41) is 0. The molecule has 0 atom stereocenters. The van der Waals surface area contributed by atoms with E-state index in [0.717, 1.165) is 18.2 Å². The first-order chi connectivity index (χ1) is 8.90. The zero-order valence-corrected chi connectivity index (χ0v) is 11.4. The molecule has 0 heterocycles. The number of ketones is 1. The molecule has 98 valence electrons. The summed E-state index contributed by atoms with van der Waals surface area (Å²) in [4.78, 5) is 12.1. The van der Waals surface area contributed by atoms with Gasteiger partial charge in [0.1, 0.15) is 17.5 Å². The molecule has 0 aliphatic heterocycles. The van der Waals surface area contributed by atoms with Gasteiger partial charge in [-0.05, 0) is 36.8 Å². The predicted octanol–water partition coefficient (Wildman–Crippen LogP) is 4.41. The zero-order chi connectivity index (χ0) is 14.2. The summed E-state index contributed by atoms with van der Waals surface area (Å²) in [6, 6.07) is 5.52. The molecule has 0 unspecified atom stereocenters. The second-order valence-corrected chi connectivity index (χ2v) is 4.95. The minimum absolute atomic E-state index is 0.0554. The molecule has 0 aliphatic rings. The Labute approximate surface area is 116 Å². The van der Waals surface area contributed by atoms with E-state index in [-0.39, 0.29) is 10.0 Å². The number of aryl methyl sites for hydroxylation is 1. The molecular formula is C14H8BrF3O. The molecule has 2 aromatic carbocycles. The van der Waals surface area contributed by atoms with Crippen molar-refractivity contribution in [3.63, 3.8) is 0 Å². The van der Waals surface area contributed by atoms with Crippen LogP contribution in [0.15, 0.2) is 34.8 Å². The van der Waals surface area contributed by atoms with Crippen molar-refractivity contribution in [3.05, 3.63) is 68.9 Å². The Hall–Kier alpha value is -1.62. The van der Waals surface area contributed by atoms with E-state index < -0.39 is 28.8 Å². The lowest BCUT2D eigenvalue weighted by Gasteiger charge is -2.08. The Morgan fingerprint density at radius 2 is 1.63 bits per heavy atom. The van der Waals surface area contributed by atoms with E-state index in [2.05, 4.69) is 15.9 Å². The fourth-order valence-corrected chi connectivity index (χ4v) is 2.13. The van der Waals surface area contributed by atoms with Crippen LogP contribution in [0.5, 0.6) is 0 Å². The van der Waals surface area contributed by atoms with Crippen LogP contribution in [0.3, 0.4) is 0 Å². The SMILES string of the molecule is Cc1ccc(F)cc1C(=O)c1c(F)cc(Br)cc1F. The molecule has 0 amide bonds. The quantitative estimate of drug-likeness (QED) is 0.746. The maximum absolute atomic E-state index is 13.7. The van der Waals surface area contributed by atoms with E-state index in [9.17, 15) is 18.0 Å². The molecule has 0 saturated carbocycles. The van der Waals surface area contributed by atoms with E-state index in [1.54, 1.807) is 6.92 Å². The molecule has 5 heteroatoms. The highest BCUT2D eigenvalue weighted by molar-refractivity contribution is 9.10. The van der Waals surface area contributed by atoms with Gasteiger partial charge in [-0.1, -0.05) is 22.0 Å². The number of benzene rings is 2. The van der Waals surface area contributed by atoms with Gasteiger partial charge in [0.15, 0.2) is 5.78 Å². The van der Waals surface area contributed by atoms with Crippen LogP contribution in [0.2, 0.25) is 0 Å². The van der Waals surface area contributed by atoms with Crippen molar-refractivity contribution in [2.75, 3.05) is 0 Å². The van der Waals surface area contributed by atoms with Gasteiger partial charge in [0.25, 0.3) is 0 Å². The number of hydrogen-bond donors (Lipinski definition) is 0. The minimum atomic E-state index is -0.986. The van der Waals surface area contributed by atoms with Crippen LogP contribution in [-0.2, 0) is 0 Å². The fourth-order valence-electron chi connectivity index (χ4n) is 1.73. The highest BCUT2D eigenvalue weighted by Crippen LogP contribution is 2.23. The van der Waals surface area contributed by atoms with E-state index in [4.69, 9.17) is 0 Å². The number of carbonyl (C=O) groups excluding carboxylic acids is 1. The summed E-state index contributed by atoms with van der Waals surface area (Å²) in [6.45, 7) is 1.57. The Morgan fingerprint density at radius 1 is 1.05 bits per heavy atom. The summed E-state index contributed by atoms with van der Waals surface area (Å²) in [5.41, 5.74) is -0.287. The smallest absolute Gasteiger partial charge is 0.199 e. The summed E-state index contributed by atoms with van der Waals surface area (Å²) in [6.07, 6.45) is 0. The Morgan fingerprint density at radius 3 is 2.21 bits per heavy atom. The second kappa shape index (κ2) is 5.17. The van der Waals surface area contributed by atoms with Crippen LogP contribution < -0.4 is 0 Å². The first-order valence-electron chi connectivity index (χ1n) is 5.35. The maximum Gasteiger partial charge on any atom is 0.199 e. The Bertz CT molecular complexity index is 645. The highest BCUT2D eigenvalue weighted by Gasteiger charge is 2.21. The number of carbonyl (C=O) groups is 1. The van der Waals surface area contributed by atoms with Crippen LogP contribution in [-0.4, -0.2) is 5.78 Å². The van der Waals surface area contributed by atoms with Crippen molar-refractivity contribution in [3.8, 4) is 0 Å². The molecule has 0 N–H and O–H groups in total. The molecule has 0 aliphatic carbocycles. The van der Waals surface area contributed by atoms with Crippen LogP contribution in [0, 0.1) is 24.4 Å². The average Bonchev–Trinajstić information content (AvgIpc) is 2.30. The molecule has 0 radical (unpaired) electrons. The van der Waals surface area contributed by atoms with Gasteiger partial charge in [0.05, 0.1) is 5.56 Å². The van der Waals surface area contributed by atoms with Gasteiger partial charge >= 0.3 is 0 Å². The van der Waals surface area contributed by atoms with Crippen LogP contribution in [0.4, 0.5) is 13.2 Å². The van der Waals surface area contributed by atoms with Gasteiger partial charge in [-0.3, -0.25) is 4.79 Å². The van der Waals surface area contributed by atoms with E-state index in [1.807, 2.05) is 0 Å². The maximum atomic E-state index is 13.7. The first-order valence-corrected chi connectivity index (χ1v) is 6.15. The molecule has 0 bridgehead atoms. The van der Waals surface area contributed by atoms with Gasteiger partial charge in [-0.15, -0.1) is 0 Å². The Kier molecular flexibility index (Phi) is 3.75. The fraction of sp³-hybridized carbons (Fsp3) is 0.0714. The summed E-state index contributed by atoms with van der Waals surface area (Å²) >= 11 is 2.93. The third-order valence-corrected chi connectivity index (χ3v) is 3.14. The minimum Gasteiger partial charge on any atom is -0.288 e. The third kappa shape index (κ3) is 2.71. The predicted molar refractivity (Wildman–Crippen MR) is 68.6 cm³/mol. The number of hydrogen-bond acceptors (Lipinski definition) is 1. The van der Waals surface area contributed by atoms with Gasteiger partial charge in [-0.25, -0.2) is 13.2 Å². The molecule has 19 heavy (non-hydrogen) atoms. The molecule has 0 saturated heterocycles. The van der Waals surface area contributed by atoms with Crippen molar-refractivity contribution in [2.45, 2.75) is 6.92 Å². The van der Waals surface area contributed by atoms with Gasteiger partial charge in [-0.2, -0.15) is 0 Å². The normalized spacial score (nSPS) is 10.6. The molecule has 2 rings (SSSR count). The van der Waals surface area contributed by atoms with Gasteiger partial charge < -0.3 is 0 Å². The van der Waals surface area contributed by atoms with Crippen LogP contribution in [0.1, 0.15) is 21.5 Å². The third-order valence-electron chi connectivity index (χ3n) is 2.68. The molecule has 1 nitrogen and oxygen atoms in total. The second-order valence-electron chi connectivity index (χ2n) is 4.03. The largest absolute Gasteiger partial charge is 0.288 e. The first kappa shape index (κ1) is 13.8. The van der Waals surface area contributed by atoms with Crippen molar-refractivity contribution >= 4 is 21.7 Å². The molecular weight excluding hydrogens is 321 g/mol. The summed E-state index contributed by atoms with van der Waals surface area (Å²) < 4.78 is 40.7. The molecule has 0 spiro atoms. The average molecular weight is 329 g/mol. The lowest BCUT2D eigenvalue weighted by Crippen LogP contribution is -2.09. The van der Waals surface area contributed by atoms with E-state index >= 15 is 0 Å². The molecule has 2 aromatic rings. The molecule has 0 aromatic heterocycles. The lowest BCUT2D eigenvalue weighted by atomic mass is 9.98. The molecule has 0 fully saturated rings. The van der Waals surface area contributed by atoms with E-state index in [0.29, 0.717) is 5.56 Å². The topological polar surface area (TPSA) is 17.1 Å². The van der Waals surface area contributed by atoms with Gasteiger partial charge in [0.2, 0.25) is 0 Å². The standard InChI is InChI=1S/C14H8BrF3O/c1-7-2-3-9(16)6-10(7)14(19)13-11(17)4-8(15)5-12(13)18/h2-6H,1H3. The number of rotatable bonds is 2. The van der Waals surface area contributed by atoms with Gasteiger partial charge in [0, 0.05) is 10.0 Å². The van der Waals surface area contributed by atoms with Crippen molar-refractivity contribution in [1.29, 1.82) is 0 Å². The summed E-state index contributed by atoms with van der Waals surface area (Å²) in [7, 11) is 0. The van der Waals surface area contributed by atoms with E-state index in [1.165, 1.54) is 12.1 Å². The van der Waals surface area contributed by atoms with Crippen LogP contribution >= 0.6 is 15.9 Å². The van der Waals surface area contributed by atoms with Crippen molar-refractivity contribution < 1.29 is 18.0 Å². The highest BCUT2D eigenvalue weighted by atomic mass is 79.9. The lowest BCUT2D eigenvalue weighted by molar-refractivity contribution is 0.103. The van der Waals surface area contributed by atoms with Crippen LogP contribution in [0.25, 0.3) is 0 Å². The summed E-state index contributed by atoms with van der Waals surface area (Å²) in [5.74, 6) is -3.48. The van der Waals surface area contributed by atoms with Crippen molar-refractivity contribution in [1.82, 2.24) is 0 Å². The monoisotopic (exact) mass is 328 g/mol. The zero-order valence-electron chi connectivity index (χ0n) is 9.81. The van der Waals surface area contributed by atoms with Crippen molar-refractivity contribution in [2.24, 2.45) is 0 Å².